The van der Waals surface area contributed by atoms with E-state index in [1.54, 1.807) is 25.1 Å². The summed E-state index contributed by atoms with van der Waals surface area (Å²) in [4.78, 5) is 62.9. The highest BCUT2D eigenvalue weighted by atomic mass is 32.2. The molecule has 1 fully saturated rings. The van der Waals surface area contributed by atoms with E-state index < -0.39 is 64.2 Å². The van der Waals surface area contributed by atoms with E-state index in [9.17, 15) is 41.9 Å². The fourth-order valence-electron chi connectivity index (χ4n) is 5.56. The zero-order valence-electron chi connectivity index (χ0n) is 29.0. The summed E-state index contributed by atoms with van der Waals surface area (Å²) >= 11 is 0. The summed E-state index contributed by atoms with van der Waals surface area (Å²) < 4.78 is 51.7. The van der Waals surface area contributed by atoms with Gasteiger partial charge >= 0.3 is 5.97 Å². The summed E-state index contributed by atoms with van der Waals surface area (Å²) in [6.45, 7) is 0.374. The van der Waals surface area contributed by atoms with E-state index in [0.717, 1.165) is 29.5 Å². The zero-order chi connectivity index (χ0) is 38.4. The lowest BCUT2D eigenvalue weighted by atomic mass is 10.0. The molecule has 1 heterocycles. The van der Waals surface area contributed by atoms with Crippen molar-refractivity contribution in [2.24, 2.45) is 0 Å². The van der Waals surface area contributed by atoms with Crippen LogP contribution in [-0.4, -0.2) is 76.0 Å². The Balaban J connectivity index is 1.30. The highest BCUT2D eigenvalue weighted by Gasteiger charge is 2.34. The first-order chi connectivity index (χ1) is 25.2. The number of ether oxygens (including phenoxy) is 1. The molecule has 1 aliphatic rings. The highest BCUT2D eigenvalue weighted by Crippen LogP contribution is 2.48. The second-order valence-corrected chi connectivity index (χ2v) is 14.1. The fourth-order valence-corrected chi connectivity index (χ4v) is 6.42. The van der Waals surface area contributed by atoms with Crippen molar-refractivity contribution >= 4 is 56.2 Å². The van der Waals surface area contributed by atoms with Crippen LogP contribution in [0.1, 0.15) is 57.5 Å². The number of amides is 3. The molecule has 4 aromatic rings. The molecule has 53 heavy (non-hydrogen) atoms. The molecule has 0 spiro atoms. The minimum atomic E-state index is -4.07. The molecule has 5 rings (SSSR count). The Kier molecular flexibility index (Phi) is 11.6. The summed E-state index contributed by atoms with van der Waals surface area (Å²) in [6.07, 6.45) is 3.19. The number of carbonyl (C=O) groups excluding carboxylic acids is 5. The van der Waals surface area contributed by atoms with Crippen LogP contribution in [0.2, 0.25) is 0 Å². The van der Waals surface area contributed by atoms with Crippen molar-refractivity contribution in [3.05, 3.63) is 101 Å². The lowest BCUT2D eigenvalue weighted by Crippen LogP contribution is -2.44. The van der Waals surface area contributed by atoms with Gasteiger partial charge in [0.05, 0.1) is 30.7 Å². The van der Waals surface area contributed by atoms with Crippen LogP contribution in [0.15, 0.2) is 76.9 Å². The van der Waals surface area contributed by atoms with E-state index in [-0.39, 0.29) is 47.2 Å². The Bertz CT molecular complexity index is 2230. The molecule has 1 saturated carbocycles. The van der Waals surface area contributed by atoms with Gasteiger partial charge < -0.3 is 30.2 Å². The highest BCUT2D eigenvalue weighted by molar-refractivity contribution is 7.92. The maximum Gasteiger partial charge on any atom is 0.373 e. The molecule has 16 heteroatoms. The molecule has 278 valence electrons. The number of aliphatic hydroxyl groups excluding tert-OH is 1. The van der Waals surface area contributed by atoms with Crippen molar-refractivity contribution < 1.29 is 51.0 Å². The number of nitrogens with one attached hydrogen (secondary N) is 3. The van der Waals surface area contributed by atoms with Crippen LogP contribution in [0.4, 0.5) is 10.1 Å². The maximum atomic E-state index is 13.7. The van der Waals surface area contributed by atoms with Crippen molar-refractivity contribution in [3.63, 3.8) is 0 Å². The van der Waals surface area contributed by atoms with Gasteiger partial charge in [-0.15, -0.1) is 0 Å². The van der Waals surface area contributed by atoms with Gasteiger partial charge in [0.1, 0.15) is 23.7 Å². The summed E-state index contributed by atoms with van der Waals surface area (Å²) in [5, 5.41) is 17.8. The third-order valence-corrected chi connectivity index (χ3v) is 9.40. The molecule has 0 aliphatic heterocycles. The smallest absolute Gasteiger partial charge is 0.373 e. The van der Waals surface area contributed by atoms with Crippen LogP contribution in [0.5, 0.6) is 0 Å². The SMILES string of the molecule is CCOC(=O)/C(O)=C/C(=O)c1cccc(CNC(=O)CNC(=O)CN(c2cc3oc(-c4ccc(F)cc4)c(C(=O)NC)c3cc2C2CC2)S(C)(=O)=O)c1. The third kappa shape index (κ3) is 9.26. The zero-order valence-corrected chi connectivity index (χ0v) is 29.8. The minimum Gasteiger partial charge on any atom is -0.502 e. The standard InChI is InChI=1S/C37H37FN4O10S/c1-4-51-37(48)30(44)17-29(43)24-7-5-6-21(14-24)18-40-32(45)19-41-33(46)20-42(53(3,49)50)28-16-31-27(15-26(28)22-8-9-22)34(36(47)39-2)35(52-31)23-10-12-25(38)13-11-23/h5-7,10-17,22,44H,4,8-9,18-20H2,1-3H3,(H,39,47)(H,40,45)(H,41,46)/b30-17-. The Hall–Kier alpha value is -6.03. The fraction of sp³-hybridized carbons (Fsp3) is 0.270. The number of nitrogens with zero attached hydrogens (tertiary/aromatic N) is 1. The van der Waals surface area contributed by atoms with Crippen molar-refractivity contribution in [1.29, 1.82) is 0 Å². The lowest BCUT2D eigenvalue weighted by Gasteiger charge is -2.24. The van der Waals surface area contributed by atoms with Crippen molar-refractivity contribution in [2.75, 3.05) is 37.3 Å². The molecule has 1 aliphatic carbocycles. The Labute approximate surface area is 304 Å². The van der Waals surface area contributed by atoms with Crippen LogP contribution in [0.25, 0.3) is 22.3 Å². The number of benzene rings is 3. The summed E-state index contributed by atoms with van der Waals surface area (Å²) in [5.41, 5.74) is 2.22. The number of anilines is 1. The number of hydrogen-bond acceptors (Lipinski definition) is 10. The molecule has 1 aromatic heterocycles. The van der Waals surface area contributed by atoms with E-state index in [1.807, 2.05) is 0 Å². The van der Waals surface area contributed by atoms with E-state index in [2.05, 4.69) is 20.7 Å². The molecular weight excluding hydrogens is 711 g/mol. The number of rotatable bonds is 15. The van der Waals surface area contributed by atoms with Crippen LogP contribution in [0.3, 0.4) is 0 Å². The Morgan fingerprint density at radius 3 is 2.38 bits per heavy atom. The number of carbonyl (C=O) groups is 5. The average Bonchev–Trinajstić information content (AvgIpc) is 3.91. The second-order valence-electron chi connectivity index (χ2n) is 12.2. The Morgan fingerprint density at radius 2 is 1.74 bits per heavy atom. The normalized spacial score (nSPS) is 12.9. The third-order valence-electron chi connectivity index (χ3n) is 8.27. The van der Waals surface area contributed by atoms with Crippen LogP contribution < -0.4 is 20.3 Å². The van der Waals surface area contributed by atoms with Crippen LogP contribution in [0, 0.1) is 5.82 Å². The van der Waals surface area contributed by atoms with Gasteiger partial charge in [-0.2, -0.15) is 0 Å². The number of hydrogen-bond donors (Lipinski definition) is 4. The van der Waals surface area contributed by atoms with E-state index in [1.165, 1.54) is 49.5 Å². The lowest BCUT2D eigenvalue weighted by molar-refractivity contribution is -0.141. The van der Waals surface area contributed by atoms with Gasteiger partial charge in [0, 0.05) is 42.2 Å². The molecule has 0 saturated heterocycles. The van der Waals surface area contributed by atoms with Gasteiger partial charge in [0.2, 0.25) is 27.6 Å². The number of sulfonamides is 1. The van der Waals surface area contributed by atoms with Gasteiger partial charge in [0.15, 0.2) is 5.78 Å². The van der Waals surface area contributed by atoms with E-state index in [4.69, 9.17) is 4.42 Å². The topological polar surface area (TPSA) is 201 Å². The van der Waals surface area contributed by atoms with Crippen LogP contribution >= 0.6 is 0 Å². The minimum absolute atomic E-state index is 0.0177. The predicted molar refractivity (Wildman–Crippen MR) is 192 cm³/mol. The molecular formula is C37H37FN4O10S. The molecule has 0 radical (unpaired) electrons. The summed E-state index contributed by atoms with van der Waals surface area (Å²) in [5.74, 6) is -4.75. The number of ketones is 1. The van der Waals surface area contributed by atoms with Crippen molar-refractivity contribution in [3.8, 4) is 11.3 Å². The van der Waals surface area contributed by atoms with Gasteiger partial charge in [-0.25, -0.2) is 17.6 Å². The monoisotopic (exact) mass is 748 g/mol. The summed E-state index contributed by atoms with van der Waals surface area (Å²) in [7, 11) is -2.61. The molecule has 4 N–H and O–H groups in total. The first-order valence-corrected chi connectivity index (χ1v) is 18.4. The van der Waals surface area contributed by atoms with Crippen molar-refractivity contribution in [1.82, 2.24) is 16.0 Å². The molecule has 0 unspecified atom stereocenters. The van der Waals surface area contributed by atoms with Gasteiger partial charge in [-0.3, -0.25) is 23.5 Å². The number of allylic oxidation sites excluding steroid dienone is 1. The first-order valence-electron chi connectivity index (χ1n) is 16.5. The molecule has 0 atom stereocenters. The second kappa shape index (κ2) is 16.1. The molecule has 3 aromatic carbocycles. The maximum absolute atomic E-state index is 13.7. The number of halogens is 1. The number of aliphatic hydroxyl groups is 1. The quantitative estimate of drug-likeness (QED) is 0.0599. The van der Waals surface area contributed by atoms with Gasteiger partial charge in [0.25, 0.3) is 5.91 Å². The number of fused-ring (bicyclic) bond motifs is 1. The predicted octanol–water partition coefficient (Wildman–Crippen LogP) is 3.86. The molecule has 14 nitrogen and oxygen atoms in total. The number of esters is 1. The van der Waals surface area contributed by atoms with Crippen LogP contribution in [-0.2, 0) is 35.7 Å². The average molecular weight is 749 g/mol. The van der Waals surface area contributed by atoms with Gasteiger partial charge in [-0.05, 0) is 73.2 Å². The van der Waals surface area contributed by atoms with E-state index >= 15 is 0 Å². The van der Waals surface area contributed by atoms with Gasteiger partial charge in [-0.1, -0.05) is 18.2 Å². The Morgan fingerprint density at radius 1 is 1.02 bits per heavy atom. The summed E-state index contributed by atoms with van der Waals surface area (Å²) in [6, 6.07) is 14.6. The van der Waals surface area contributed by atoms with E-state index in [0.29, 0.717) is 22.1 Å². The molecule has 3 amide bonds. The first kappa shape index (κ1) is 38.2. The van der Waals surface area contributed by atoms with Crippen molar-refractivity contribution in [2.45, 2.75) is 32.2 Å². The molecule has 0 bridgehead atoms. The number of furan rings is 1. The largest absolute Gasteiger partial charge is 0.502 e.